The van der Waals surface area contributed by atoms with Crippen molar-refractivity contribution < 1.29 is 9.18 Å². The van der Waals surface area contributed by atoms with Gasteiger partial charge in [-0.05, 0) is 31.2 Å². The van der Waals surface area contributed by atoms with Gasteiger partial charge in [0.05, 0.1) is 0 Å². The van der Waals surface area contributed by atoms with Crippen molar-refractivity contribution in [3.05, 3.63) is 65.5 Å². The van der Waals surface area contributed by atoms with Gasteiger partial charge in [-0.2, -0.15) is 0 Å². The first-order valence-corrected chi connectivity index (χ1v) is 8.44. The Morgan fingerprint density at radius 3 is 2.21 bits per heavy atom. The van der Waals surface area contributed by atoms with E-state index in [4.69, 9.17) is 0 Å². The molecule has 0 radical (unpaired) electrons. The van der Waals surface area contributed by atoms with Crippen LogP contribution >= 0.6 is 0 Å². The minimum Gasteiger partial charge on any atom is -0.369 e. The second-order valence-corrected chi connectivity index (χ2v) is 6.34. The molecule has 1 saturated heterocycles. The lowest BCUT2D eigenvalue weighted by molar-refractivity contribution is 0.0962. The number of piperazine rings is 1. The first-order chi connectivity index (χ1) is 11.6. The summed E-state index contributed by atoms with van der Waals surface area (Å²) in [5.74, 6) is 0.00275. The van der Waals surface area contributed by atoms with Crippen LogP contribution in [0, 0.1) is 12.7 Å². The first kappa shape index (κ1) is 16.7. The molecule has 2 aromatic rings. The van der Waals surface area contributed by atoms with Gasteiger partial charge < -0.3 is 4.90 Å². The van der Waals surface area contributed by atoms with Gasteiger partial charge in [-0.1, -0.05) is 29.8 Å². The van der Waals surface area contributed by atoms with Crippen LogP contribution in [0.15, 0.2) is 48.5 Å². The third kappa shape index (κ3) is 4.20. The summed E-state index contributed by atoms with van der Waals surface area (Å²) in [7, 11) is 0. The van der Waals surface area contributed by atoms with E-state index in [2.05, 4.69) is 9.80 Å². The van der Waals surface area contributed by atoms with E-state index >= 15 is 0 Å². The van der Waals surface area contributed by atoms with Crippen LogP contribution in [0.5, 0.6) is 0 Å². The summed E-state index contributed by atoms with van der Waals surface area (Å²) in [4.78, 5) is 16.8. The molecule has 0 amide bonds. The van der Waals surface area contributed by atoms with E-state index < -0.39 is 0 Å². The van der Waals surface area contributed by atoms with E-state index in [1.807, 2.05) is 43.3 Å². The van der Waals surface area contributed by atoms with Crippen molar-refractivity contribution in [2.45, 2.75) is 13.3 Å². The van der Waals surface area contributed by atoms with E-state index in [9.17, 15) is 9.18 Å². The summed E-state index contributed by atoms with van der Waals surface area (Å²) < 4.78 is 13.0. The summed E-state index contributed by atoms with van der Waals surface area (Å²) >= 11 is 0. The molecule has 0 bridgehead atoms. The Bertz CT molecular complexity index is 674. The SMILES string of the molecule is Cc1ccc(C(=O)CCN2CCN(c3ccc(F)cc3)CC2)cc1. The Hall–Kier alpha value is -2.20. The summed E-state index contributed by atoms with van der Waals surface area (Å²) in [6.45, 7) is 6.49. The maximum atomic E-state index is 13.0. The summed E-state index contributed by atoms with van der Waals surface area (Å²) in [5, 5.41) is 0. The molecule has 1 aliphatic rings. The number of benzene rings is 2. The summed E-state index contributed by atoms with van der Waals surface area (Å²) in [6.07, 6.45) is 0.555. The van der Waals surface area contributed by atoms with Gasteiger partial charge in [0.25, 0.3) is 0 Å². The highest BCUT2D eigenvalue weighted by Gasteiger charge is 2.18. The number of aryl methyl sites for hydroxylation is 1. The molecular formula is C20H23FN2O. The van der Waals surface area contributed by atoms with Crippen molar-refractivity contribution in [2.75, 3.05) is 37.6 Å². The van der Waals surface area contributed by atoms with Crippen molar-refractivity contribution in [1.82, 2.24) is 4.90 Å². The van der Waals surface area contributed by atoms with Crippen LogP contribution in [0.3, 0.4) is 0 Å². The molecule has 0 spiro atoms. The second-order valence-electron chi connectivity index (χ2n) is 6.34. The number of rotatable bonds is 5. The Labute approximate surface area is 142 Å². The quantitative estimate of drug-likeness (QED) is 0.785. The van der Waals surface area contributed by atoms with E-state index in [-0.39, 0.29) is 11.6 Å². The van der Waals surface area contributed by atoms with Gasteiger partial charge in [0.2, 0.25) is 0 Å². The third-order valence-corrected chi connectivity index (χ3v) is 4.59. The Kier molecular flexibility index (Phi) is 5.26. The number of carbonyl (C=O) groups is 1. The minimum atomic E-state index is -0.202. The topological polar surface area (TPSA) is 23.6 Å². The highest BCUT2D eigenvalue weighted by Crippen LogP contribution is 2.17. The van der Waals surface area contributed by atoms with Crippen molar-refractivity contribution in [3.63, 3.8) is 0 Å². The summed E-state index contributed by atoms with van der Waals surface area (Å²) in [5.41, 5.74) is 3.03. The molecule has 1 heterocycles. The third-order valence-electron chi connectivity index (χ3n) is 4.59. The molecule has 0 aliphatic carbocycles. The Balaban J connectivity index is 1.46. The molecule has 2 aromatic carbocycles. The molecule has 24 heavy (non-hydrogen) atoms. The standard InChI is InChI=1S/C20H23FN2O/c1-16-2-4-17(5-3-16)20(24)10-11-22-12-14-23(15-13-22)19-8-6-18(21)7-9-19/h2-9H,10-15H2,1H3. The van der Waals surface area contributed by atoms with Gasteiger partial charge in [-0.15, -0.1) is 0 Å². The molecule has 126 valence electrons. The molecule has 3 rings (SSSR count). The normalized spacial score (nSPS) is 15.5. The van der Waals surface area contributed by atoms with Gasteiger partial charge in [-0.3, -0.25) is 9.69 Å². The summed E-state index contributed by atoms with van der Waals surface area (Å²) in [6, 6.07) is 14.4. The van der Waals surface area contributed by atoms with Crippen LogP contribution < -0.4 is 4.90 Å². The second kappa shape index (κ2) is 7.58. The van der Waals surface area contributed by atoms with E-state index in [0.29, 0.717) is 6.42 Å². The highest BCUT2D eigenvalue weighted by molar-refractivity contribution is 5.96. The number of carbonyl (C=O) groups excluding carboxylic acids is 1. The van der Waals surface area contributed by atoms with Crippen molar-refractivity contribution in [3.8, 4) is 0 Å². The molecular weight excluding hydrogens is 303 g/mol. The minimum absolute atomic E-state index is 0.202. The van der Waals surface area contributed by atoms with Gasteiger partial charge in [0, 0.05) is 50.4 Å². The van der Waals surface area contributed by atoms with E-state index in [1.54, 1.807) is 0 Å². The fourth-order valence-electron chi connectivity index (χ4n) is 3.03. The number of ketones is 1. The highest BCUT2D eigenvalue weighted by atomic mass is 19.1. The van der Waals surface area contributed by atoms with Crippen molar-refractivity contribution in [2.24, 2.45) is 0 Å². The zero-order valence-electron chi connectivity index (χ0n) is 14.0. The van der Waals surface area contributed by atoms with Gasteiger partial charge in [0.1, 0.15) is 5.82 Å². The molecule has 1 fully saturated rings. The molecule has 1 aliphatic heterocycles. The van der Waals surface area contributed by atoms with Gasteiger partial charge >= 0.3 is 0 Å². The predicted octanol–water partition coefficient (Wildman–Crippen LogP) is 3.53. The number of Topliss-reactive ketones (excluding diaryl/α,β-unsaturated/α-hetero) is 1. The molecule has 0 unspecified atom stereocenters. The van der Waals surface area contributed by atoms with E-state index in [1.165, 1.54) is 17.7 Å². The fourth-order valence-corrected chi connectivity index (χ4v) is 3.03. The molecule has 4 heteroatoms. The van der Waals surface area contributed by atoms with Crippen LogP contribution in [0.1, 0.15) is 22.3 Å². The number of nitrogens with zero attached hydrogens (tertiary/aromatic N) is 2. The lowest BCUT2D eigenvalue weighted by Crippen LogP contribution is -2.46. The number of hydrogen-bond acceptors (Lipinski definition) is 3. The maximum Gasteiger partial charge on any atom is 0.164 e. The average molecular weight is 326 g/mol. The number of hydrogen-bond donors (Lipinski definition) is 0. The Morgan fingerprint density at radius 1 is 0.958 bits per heavy atom. The van der Waals surface area contributed by atoms with Crippen LogP contribution in [-0.2, 0) is 0 Å². The molecule has 0 aromatic heterocycles. The molecule has 0 N–H and O–H groups in total. The fraction of sp³-hybridized carbons (Fsp3) is 0.350. The smallest absolute Gasteiger partial charge is 0.164 e. The van der Waals surface area contributed by atoms with Crippen molar-refractivity contribution in [1.29, 1.82) is 0 Å². The first-order valence-electron chi connectivity index (χ1n) is 8.44. The van der Waals surface area contributed by atoms with E-state index in [0.717, 1.165) is 44.0 Å². The largest absolute Gasteiger partial charge is 0.369 e. The molecule has 3 nitrogen and oxygen atoms in total. The Morgan fingerprint density at radius 2 is 1.58 bits per heavy atom. The van der Waals surface area contributed by atoms with Crippen LogP contribution in [0.25, 0.3) is 0 Å². The zero-order valence-corrected chi connectivity index (χ0v) is 14.0. The molecule has 0 atom stereocenters. The van der Waals surface area contributed by atoms with Crippen LogP contribution in [-0.4, -0.2) is 43.4 Å². The number of halogens is 1. The number of anilines is 1. The lowest BCUT2D eigenvalue weighted by Gasteiger charge is -2.36. The van der Waals surface area contributed by atoms with Crippen LogP contribution in [0.4, 0.5) is 10.1 Å². The monoisotopic (exact) mass is 326 g/mol. The zero-order chi connectivity index (χ0) is 16.9. The van der Waals surface area contributed by atoms with Gasteiger partial charge in [0.15, 0.2) is 5.78 Å². The maximum absolute atomic E-state index is 13.0. The lowest BCUT2D eigenvalue weighted by atomic mass is 10.1. The van der Waals surface area contributed by atoms with Gasteiger partial charge in [-0.25, -0.2) is 4.39 Å². The average Bonchev–Trinajstić information content (AvgIpc) is 2.61. The van der Waals surface area contributed by atoms with Crippen LogP contribution in [0.2, 0.25) is 0 Å². The van der Waals surface area contributed by atoms with Crippen molar-refractivity contribution >= 4 is 11.5 Å². The molecule has 0 saturated carbocycles. The predicted molar refractivity (Wildman–Crippen MR) is 95.2 cm³/mol.